The van der Waals surface area contributed by atoms with Crippen molar-refractivity contribution in [2.24, 2.45) is 0 Å². The summed E-state index contributed by atoms with van der Waals surface area (Å²) in [6, 6.07) is 26.4. The zero-order valence-electron chi connectivity index (χ0n) is 25.5. The van der Waals surface area contributed by atoms with Crippen LogP contribution in [0.1, 0.15) is 24.5 Å². The van der Waals surface area contributed by atoms with Gasteiger partial charge >= 0.3 is 0 Å². The Labute approximate surface area is 268 Å². The number of anilines is 1. The molecule has 1 atom stereocenters. The Balaban J connectivity index is 1.57. The topological polar surface area (TPSA) is 105 Å². The van der Waals surface area contributed by atoms with Crippen LogP contribution in [0.4, 0.5) is 10.1 Å². The third-order valence-electron chi connectivity index (χ3n) is 7.51. The number of ether oxygens (including phenoxy) is 2. The van der Waals surface area contributed by atoms with Gasteiger partial charge in [-0.1, -0.05) is 67.6 Å². The highest BCUT2D eigenvalue weighted by Crippen LogP contribution is 2.36. The Morgan fingerprint density at radius 1 is 0.848 bits per heavy atom. The minimum atomic E-state index is -4.27. The summed E-state index contributed by atoms with van der Waals surface area (Å²) in [6.45, 7) is 2.29. The van der Waals surface area contributed by atoms with Crippen molar-refractivity contribution in [2.75, 3.05) is 30.6 Å². The monoisotopic (exact) mass is 645 g/mol. The normalized spacial score (nSPS) is 13.0. The predicted molar refractivity (Wildman–Crippen MR) is 173 cm³/mol. The average molecular weight is 646 g/mol. The van der Waals surface area contributed by atoms with Crippen molar-refractivity contribution < 1.29 is 31.9 Å². The van der Waals surface area contributed by atoms with E-state index in [0.29, 0.717) is 43.2 Å². The van der Waals surface area contributed by atoms with Crippen LogP contribution in [0.3, 0.4) is 0 Å². The Morgan fingerprint density at radius 2 is 1.50 bits per heavy atom. The average Bonchev–Trinajstić information content (AvgIpc) is 3.09. The van der Waals surface area contributed by atoms with Gasteiger partial charge in [0.1, 0.15) is 31.6 Å². The number of carbonyl (C=O) groups excluding carboxylic acids is 2. The fourth-order valence-corrected chi connectivity index (χ4v) is 6.57. The second-order valence-electron chi connectivity index (χ2n) is 10.8. The van der Waals surface area contributed by atoms with Gasteiger partial charge in [-0.05, 0) is 53.9 Å². The minimum absolute atomic E-state index is 0.00991. The highest BCUT2D eigenvalue weighted by atomic mass is 32.2. The summed E-state index contributed by atoms with van der Waals surface area (Å²) in [5, 5.41) is 2.90. The lowest BCUT2D eigenvalue weighted by atomic mass is 10.0. The minimum Gasteiger partial charge on any atom is -0.486 e. The Hall–Kier alpha value is -4.90. The van der Waals surface area contributed by atoms with Crippen LogP contribution in [0.2, 0.25) is 0 Å². The number of halogens is 1. The summed E-state index contributed by atoms with van der Waals surface area (Å²) >= 11 is 0. The number of benzene rings is 4. The number of hydrogen-bond donors (Lipinski definition) is 1. The van der Waals surface area contributed by atoms with Crippen LogP contribution in [-0.4, -0.2) is 57.5 Å². The molecule has 2 amide bonds. The number of nitrogens with one attached hydrogen (secondary N) is 1. The van der Waals surface area contributed by atoms with Crippen LogP contribution in [0.5, 0.6) is 11.5 Å². The summed E-state index contributed by atoms with van der Waals surface area (Å²) in [4.78, 5) is 29.6. The molecule has 46 heavy (non-hydrogen) atoms. The van der Waals surface area contributed by atoms with Crippen LogP contribution in [0.15, 0.2) is 108 Å². The standard InChI is InChI=1S/C35H36FN3O6S/c1-2-19-37-35(41)31(22-26-9-5-3-6-10-26)38(24-27-13-15-28(36)16-14-27)34(40)25-39(46(42,43)30-11-7-4-8-12-30)29-17-18-32-33(23-29)45-21-20-44-32/h3-18,23,31H,2,19-22,24-25H2,1H3,(H,37,41)/t31-/m0/s1. The Morgan fingerprint density at radius 3 is 2.17 bits per heavy atom. The van der Waals surface area contributed by atoms with E-state index in [9.17, 15) is 22.4 Å². The van der Waals surface area contributed by atoms with E-state index in [1.54, 1.807) is 42.5 Å². The molecule has 0 spiro atoms. The van der Waals surface area contributed by atoms with Gasteiger partial charge in [0.25, 0.3) is 10.0 Å². The van der Waals surface area contributed by atoms with Gasteiger partial charge in [0.2, 0.25) is 11.8 Å². The van der Waals surface area contributed by atoms with E-state index in [1.807, 2.05) is 37.3 Å². The van der Waals surface area contributed by atoms with Gasteiger partial charge in [-0.3, -0.25) is 13.9 Å². The van der Waals surface area contributed by atoms with Crippen LogP contribution in [0.25, 0.3) is 0 Å². The fraction of sp³-hybridized carbons (Fsp3) is 0.257. The maximum absolute atomic E-state index is 14.5. The van der Waals surface area contributed by atoms with Gasteiger partial charge < -0.3 is 19.7 Å². The molecule has 1 heterocycles. The van der Waals surface area contributed by atoms with Gasteiger partial charge in [-0.25, -0.2) is 12.8 Å². The first-order valence-electron chi connectivity index (χ1n) is 15.1. The molecule has 5 rings (SSSR count). The number of carbonyl (C=O) groups is 2. The van der Waals surface area contributed by atoms with Gasteiger partial charge in [-0.2, -0.15) is 0 Å². The van der Waals surface area contributed by atoms with Crippen molar-refractivity contribution in [2.45, 2.75) is 37.2 Å². The molecular weight excluding hydrogens is 609 g/mol. The molecule has 1 N–H and O–H groups in total. The first-order valence-corrected chi connectivity index (χ1v) is 16.5. The molecule has 0 unspecified atom stereocenters. The van der Waals surface area contributed by atoms with E-state index in [2.05, 4.69) is 5.32 Å². The molecule has 0 saturated heterocycles. The van der Waals surface area contributed by atoms with E-state index in [4.69, 9.17) is 9.47 Å². The van der Waals surface area contributed by atoms with E-state index < -0.39 is 34.3 Å². The van der Waals surface area contributed by atoms with Crippen LogP contribution in [0, 0.1) is 5.82 Å². The van der Waals surface area contributed by atoms with Crippen molar-refractivity contribution in [3.05, 3.63) is 120 Å². The molecule has 240 valence electrons. The third-order valence-corrected chi connectivity index (χ3v) is 9.30. The third kappa shape index (κ3) is 7.84. The SMILES string of the molecule is CCCNC(=O)[C@H](Cc1ccccc1)N(Cc1ccc(F)cc1)C(=O)CN(c1ccc2c(c1)OCCO2)S(=O)(=O)c1ccccc1. The summed E-state index contributed by atoms with van der Waals surface area (Å²) < 4.78 is 54.5. The van der Waals surface area contributed by atoms with Crippen LogP contribution < -0.4 is 19.1 Å². The second-order valence-corrected chi connectivity index (χ2v) is 12.7. The highest BCUT2D eigenvalue weighted by Gasteiger charge is 2.35. The lowest BCUT2D eigenvalue weighted by molar-refractivity contribution is -0.140. The molecule has 0 radical (unpaired) electrons. The van der Waals surface area contributed by atoms with Crippen molar-refractivity contribution in [3.8, 4) is 11.5 Å². The first-order chi connectivity index (χ1) is 22.3. The number of fused-ring (bicyclic) bond motifs is 1. The van der Waals surface area contributed by atoms with Gasteiger partial charge in [0.15, 0.2) is 11.5 Å². The smallest absolute Gasteiger partial charge is 0.264 e. The maximum Gasteiger partial charge on any atom is 0.264 e. The number of hydrogen-bond acceptors (Lipinski definition) is 6. The van der Waals surface area contributed by atoms with E-state index in [0.717, 1.165) is 9.87 Å². The summed E-state index contributed by atoms with van der Waals surface area (Å²) in [5.41, 5.74) is 1.59. The fourth-order valence-electron chi connectivity index (χ4n) is 5.14. The number of sulfonamides is 1. The molecule has 11 heteroatoms. The van der Waals surface area contributed by atoms with Crippen LogP contribution in [-0.2, 0) is 32.6 Å². The van der Waals surface area contributed by atoms with E-state index >= 15 is 0 Å². The maximum atomic E-state index is 14.5. The molecule has 1 aliphatic heterocycles. The van der Waals surface area contributed by atoms with Gasteiger partial charge in [-0.15, -0.1) is 0 Å². The van der Waals surface area contributed by atoms with Crippen molar-refractivity contribution in [1.29, 1.82) is 0 Å². The molecule has 0 saturated carbocycles. The zero-order valence-corrected chi connectivity index (χ0v) is 26.3. The molecule has 4 aromatic carbocycles. The summed E-state index contributed by atoms with van der Waals surface area (Å²) in [7, 11) is -4.27. The highest BCUT2D eigenvalue weighted by molar-refractivity contribution is 7.92. The van der Waals surface area contributed by atoms with E-state index in [-0.39, 0.29) is 29.5 Å². The zero-order chi connectivity index (χ0) is 32.5. The molecule has 4 aromatic rings. The summed E-state index contributed by atoms with van der Waals surface area (Å²) in [5.74, 6) is -0.619. The molecule has 0 aromatic heterocycles. The Kier molecular flexibility index (Phi) is 10.5. The predicted octanol–water partition coefficient (Wildman–Crippen LogP) is 4.96. The largest absolute Gasteiger partial charge is 0.486 e. The van der Waals surface area contributed by atoms with Crippen molar-refractivity contribution >= 4 is 27.5 Å². The molecular formula is C35H36FN3O6S. The quantitative estimate of drug-likeness (QED) is 0.221. The van der Waals surface area contributed by atoms with E-state index in [1.165, 1.54) is 35.2 Å². The molecule has 9 nitrogen and oxygen atoms in total. The molecule has 1 aliphatic rings. The lowest BCUT2D eigenvalue weighted by Crippen LogP contribution is -2.53. The van der Waals surface area contributed by atoms with Crippen molar-refractivity contribution in [1.82, 2.24) is 10.2 Å². The Bertz CT molecular complexity index is 1740. The molecule has 0 fully saturated rings. The molecule has 0 aliphatic carbocycles. The second kappa shape index (κ2) is 14.9. The summed E-state index contributed by atoms with van der Waals surface area (Å²) in [6.07, 6.45) is 0.863. The van der Waals surface area contributed by atoms with Gasteiger partial charge in [0, 0.05) is 25.6 Å². The van der Waals surface area contributed by atoms with Crippen LogP contribution >= 0.6 is 0 Å². The number of rotatable bonds is 13. The lowest BCUT2D eigenvalue weighted by Gasteiger charge is -2.34. The number of amides is 2. The first kappa shape index (κ1) is 32.5. The molecule has 0 bridgehead atoms. The number of nitrogens with zero attached hydrogens (tertiary/aromatic N) is 2. The van der Waals surface area contributed by atoms with Crippen molar-refractivity contribution in [3.63, 3.8) is 0 Å². The van der Waals surface area contributed by atoms with Gasteiger partial charge in [0.05, 0.1) is 10.6 Å².